The number of nitrogens with zero attached hydrogens (tertiary/aromatic N) is 1. The van der Waals surface area contributed by atoms with Gasteiger partial charge in [-0.1, -0.05) is 44.6 Å². The fraction of sp³-hybridized carbons (Fsp3) is 0.529. The number of carbonyl (C=O) groups excluding carboxylic acids is 2. The van der Waals surface area contributed by atoms with Crippen LogP contribution in [0.1, 0.15) is 104 Å². The number of aromatic nitrogens is 1. The Morgan fingerprint density at radius 3 is 2.35 bits per heavy atom. The summed E-state index contributed by atoms with van der Waals surface area (Å²) in [5.41, 5.74) is 5.01. The van der Waals surface area contributed by atoms with Crippen molar-refractivity contribution >= 4 is 32.8 Å². The predicted molar refractivity (Wildman–Crippen MR) is 165 cm³/mol. The molecule has 2 unspecified atom stereocenters. The monoisotopic (exact) mass is 604 g/mol. The van der Waals surface area contributed by atoms with Crippen LogP contribution in [0.4, 0.5) is 0 Å². The largest absolute Gasteiger partial charge is 0.497 e. The van der Waals surface area contributed by atoms with E-state index in [2.05, 4.69) is 21.4 Å². The molecule has 3 aromatic rings. The van der Waals surface area contributed by atoms with Gasteiger partial charge in [0.2, 0.25) is 10.0 Å². The first-order valence-electron chi connectivity index (χ1n) is 15.8. The summed E-state index contributed by atoms with van der Waals surface area (Å²) in [5.74, 6) is 0.288. The third kappa shape index (κ3) is 4.66. The summed E-state index contributed by atoms with van der Waals surface area (Å²) in [6.07, 6.45) is 10.3. The molecular weight excluding hydrogens is 564 g/mol. The first-order valence-corrected chi connectivity index (χ1v) is 17.3. The van der Waals surface area contributed by atoms with Crippen molar-refractivity contribution in [2.75, 3.05) is 14.2 Å². The Kier molecular flexibility index (Phi) is 7.07. The van der Waals surface area contributed by atoms with Gasteiger partial charge in [-0.3, -0.25) is 9.59 Å². The Morgan fingerprint density at radius 1 is 0.930 bits per heavy atom. The highest BCUT2D eigenvalue weighted by atomic mass is 32.2. The van der Waals surface area contributed by atoms with E-state index in [9.17, 15) is 18.0 Å². The molecule has 0 saturated heterocycles. The summed E-state index contributed by atoms with van der Waals surface area (Å²) in [5, 5.41) is 0.533. The summed E-state index contributed by atoms with van der Waals surface area (Å²) in [4.78, 5) is 26.8. The molecule has 3 aliphatic carbocycles. The second kappa shape index (κ2) is 10.7. The fourth-order valence-corrected chi connectivity index (χ4v) is 9.76. The van der Waals surface area contributed by atoms with Crippen molar-refractivity contribution in [3.05, 3.63) is 53.1 Å². The summed E-state index contributed by atoms with van der Waals surface area (Å²) < 4.78 is 41.8. The summed E-state index contributed by atoms with van der Waals surface area (Å²) in [6.45, 7) is 0.436. The maximum Gasteiger partial charge on any atom is 0.314 e. The minimum Gasteiger partial charge on any atom is -0.497 e. The number of benzene rings is 2. The zero-order valence-electron chi connectivity index (χ0n) is 25.0. The third-order valence-electron chi connectivity index (χ3n) is 10.6. The molecule has 228 valence electrons. The van der Waals surface area contributed by atoms with Crippen molar-refractivity contribution in [2.24, 2.45) is 5.41 Å². The number of fused-ring (bicyclic) bond motifs is 7. The van der Waals surface area contributed by atoms with E-state index in [1.54, 1.807) is 13.2 Å². The average molecular weight is 605 g/mol. The van der Waals surface area contributed by atoms with Crippen LogP contribution in [0.5, 0.6) is 5.75 Å². The lowest BCUT2D eigenvalue weighted by Gasteiger charge is -2.24. The molecule has 1 aliphatic heterocycles. The molecule has 0 spiro atoms. The fourth-order valence-electron chi connectivity index (χ4n) is 8.26. The number of sulfonamides is 1. The maximum atomic E-state index is 13.5. The molecule has 9 heteroatoms. The van der Waals surface area contributed by atoms with Gasteiger partial charge in [0, 0.05) is 34.5 Å². The molecule has 2 aromatic carbocycles. The molecule has 2 atom stereocenters. The quantitative estimate of drug-likeness (QED) is 0.326. The summed E-state index contributed by atoms with van der Waals surface area (Å²) in [7, 11) is -0.669. The van der Waals surface area contributed by atoms with Crippen LogP contribution in [0.15, 0.2) is 36.4 Å². The number of carbonyl (C=O) groups is 2. The Morgan fingerprint density at radius 2 is 1.65 bits per heavy atom. The Balaban J connectivity index is 1.40. The van der Waals surface area contributed by atoms with Crippen LogP contribution in [0, 0.1) is 5.41 Å². The molecule has 8 nitrogen and oxygen atoms in total. The average Bonchev–Trinajstić information content (AvgIpc) is 3.71. The summed E-state index contributed by atoms with van der Waals surface area (Å²) in [6, 6.07) is 11.7. The third-order valence-corrected chi connectivity index (χ3v) is 12.4. The zero-order valence-corrected chi connectivity index (χ0v) is 25.8. The number of esters is 1. The van der Waals surface area contributed by atoms with Crippen LogP contribution in [-0.2, 0) is 26.1 Å². The lowest BCUT2D eigenvalue weighted by atomic mass is 9.81. The van der Waals surface area contributed by atoms with Crippen molar-refractivity contribution in [2.45, 2.75) is 94.3 Å². The van der Waals surface area contributed by atoms with Crippen molar-refractivity contribution in [1.29, 1.82) is 0 Å². The summed E-state index contributed by atoms with van der Waals surface area (Å²) >= 11 is 0. The number of ether oxygens (including phenoxy) is 2. The topological polar surface area (TPSA) is 104 Å². The lowest BCUT2D eigenvalue weighted by molar-refractivity contribution is -0.147. The molecule has 3 fully saturated rings. The van der Waals surface area contributed by atoms with Gasteiger partial charge in [-0.25, -0.2) is 13.1 Å². The number of nitrogens with one attached hydrogen (secondary N) is 1. The van der Waals surface area contributed by atoms with Crippen molar-refractivity contribution in [3.8, 4) is 17.0 Å². The molecule has 4 aliphatic rings. The molecule has 7 rings (SSSR count). The molecule has 1 aromatic heterocycles. The van der Waals surface area contributed by atoms with E-state index in [1.165, 1.54) is 31.9 Å². The van der Waals surface area contributed by atoms with Crippen LogP contribution >= 0.6 is 0 Å². The minimum absolute atomic E-state index is 0.00585. The van der Waals surface area contributed by atoms with E-state index in [0.717, 1.165) is 65.6 Å². The van der Waals surface area contributed by atoms with E-state index in [4.69, 9.17) is 9.47 Å². The second-order valence-electron chi connectivity index (χ2n) is 13.0. The van der Waals surface area contributed by atoms with Gasteiger partial charge in [-0.2, -0.15) is 0 Å². The molecule has 1 amide bonds. The van der Waals surface area contributed by atoms with Crippen molar-refractivity contribution < 1.29 is 27.5 Å². The van der Waals surface area contributed by atoms with Gasteiger partial charge in [0.25, 0.3) is 5.91 Å². The normalized spacial score (nSPS) is 23.9. The highest BCUT2D eigenvalue weighted by Gasteiger charge is 2.64. The molecular formula is C34H40N2O6S. The molecule has 2 heterocycles. The van der Waals surface area contributed by atoms with Gasteiger partial charge < -0.3 is 14.0 Å². The molecule has 1 N–H and O–H groups in total. The van der Waals surface area contributed by atoms with E-state index < -0.39 is 26.6 Å². The molecule has 0 radical (unpaired) electrons. The van der Waals surface area contributed by atoms with Crippen LogP contribution in [0.25, 0.3) is 22.2 Å². The highest BCUT2D eigenvalue weighted by molar-refractivity contribution is 7.90. The first-order chi connectivity index (χ1) is 20.8. The minimum atomic E-state index is -3.77. The van der Waals surface area contributed by atoms with E-state index in [1.807, 2.05) is 18.2 Å². The maximum absolute atomic E-state index is 13.5. The number of hydrogen-bond acceptors (Lipinski definition) is 6. The van der Waals surface area contributed by atoms with Gasteiger partial charge in [0.1, 0.15) is 5.75 Å². The van der Waals surface area contributed by atoms with Crippen LogP contribution < -0.4 is 9.46 Å². The molecule has 43 heavy (non-hydrogen) atoms. The van der Waals surface area contributed by atoms with Gasteiger partial charge in [-0.05, 0) is 79.5 Å². The van der Waals surface area contributed by atoms with Crippen molar-refractivity contribution in [1.82, 2.24) is 9.29 Å². The van der Waals surface area contributed by atoms with Gasteiger partial charge in [0.05, 0.1) is 30.6 Å². The number of amides is 1. The SMILES string of the molecule is COC(=O)C12CC1c1cc(OC)ccc1-c1c(C3CCCCC3)c3ccc(C(=O)NS(=O)(=O)C4CCCCC4)cc3n1C2. The van der Waals surface area contributed by atoms with E-state index >= 15 is 0 Å². The van der Waals surface area contributed by atoms with Crippen LogP contribution in [0.3, 0.4) is 0 Å². The zero-order chi connectivity index (χ0) is 29.9. The van der Waals surface area contributed by atoms with E-state index in [-0.39, 0.29) is 11.9 Å². The standard InChI is InChI=1S/C34H40N2O6S/c1-41-23-14-16-25-27(18-23)28-19-34(28,33(38)42-2)20-36-29-17-22(32(37)35-43(39,40)24-11-7-4-8-12-24)13-15-26(29)30(31(25)36)21-9-5-3-6-10-21/h13-18,21,24,28H,3-12,19-20H2,1-2H3,(H,35,37). The highest BCUT2D eigenvalue weighted by Crippen LogP contribution is 2.66. The van der Waals surface area contributed by atoms with Crippen LogP contribution in [-0.4, -0.2) is 44.3 Å². The predicted octanol–water partition coefficient (Wildman–Crippen LogP) is 6.42. The van der Waals surface area contributed by atoms with Gasteiger partial charge >= 0.3 is 5.97 Å². The van der Waals surface area contributed by atoms with Gasteiger partial charge in [-0.15, -0.1) is 0 Å². The smallest absolute Gasteiger partial charge is 0.314 e. The van der Waals surface area contributed by atoms with E-state index in [0.29, 0.717) is 37.3 Å². The molecule has 3 saturated carbocycles. The van der Waals surface area contributed by atoms with Crippen molar-refractivity contribution in [3.63, 3.8) is 0 Å². The first kappa shape index (κ1) is 28.4. The number of methoxy groups -OCH3 is 2. The Labute approximate surface area is 253 Å². The second-order valence-corrected chi connectivity index (χ2v) is 15.0. The number of rotatable bonds is 6. The lowest BCUT2D eigenvalue weighted by Crippen LogP contribution is -2.39. The van der Waals surface area contributed by atoms with Crippen LogP contribution in [0.2, 0.25) is 0 Å². The Bertz CT molecular complexity index is 1710. The Hall–Kier alpha value is -3.33. The van der Waals surface area contributed by atoms with Gasteiger partial charge in [0.15, 0.2) is 0 Å². The molecule has 0 bridgehead atoms. The number of hydrogen-bond donors (Lipinski definition) is 1.